The molecule has 1 saturated heterocycles. The van der Waals surface area contributed by atoms with Gasteiger partial charge in [0.1, 0.15) is 12.3 Å². The second kappa shape index (κ2) is 6.70. The highest BCUT2D eigenvalue weighted by Gasteiger charge is 2.37. The molecule has 0 aromatic carbocycles. The predicted octanol–water partition coefficient (Wildman–Crippen LogP) is 0.104. The van der Waals surface area contributed by atoms with Crippen molar-refractivity contribution in [2.24, 2.45) is 0 Å². The first-order chi connectivity index (χ1) is 10.6. The molecule has 23 heavy (non-hydrogen) atoms. The number of aliphatic hydroxyl groups excluding tert-OH is 1. The zero-order valence-corrected chi connectivity index (χ0v) is 14.0. The summed E-state index contributed by atoms with van der Waals surface area (Å²) in [5, 5.41) is 10.0. The molecular formula is C13H21N2O7P. The van der Waals surface area contributed by atoms with Gasteiger partial charge in [-0.05, 0) is 6.92 Å². The Morgan fingerprint density at radius 2 is 2.17 bits per heavy atom. The van der Waals surface area contributed by atoms with E-state index in [0.717, 1.165) is 0 Å². The Kier molecular flexibility index (Phi) is 5.27. The average molecular weight is 348 g/mol. The van der Waals surface area contributed by atoms with Crippen LogP contribution in [-0.4, -0.2) is 44.0 Å². The van der Waals surface area contributed by atoms with E-state index in [1.807, 2.05) is 0 Å². The van der Waals surface area contributed by atoms with Crippen molar-refractivity contribution in [3.05, 3.63) is 32.6 Å². The fraction of sp³-hybridized carbons (Fsp3) is 0.692. The lowest BCUT2D eigenvalue weighted by molar-refractivity contribution is -0.0426. The molecule has 0 spiro atoms. The van der Waals surface area contributed by atoms with Gasteiger partial charge in [0.2, 0.25) is 0 Å². The molecule has 1 aromatic rings. The lowest BCUT2D eigenvalue weighted by atomic mass is 10.2. The van der Waals surface area contributed by atoms with Crippen molar-refractivity contribution in [3.63, 3.8) is 0 Å². The van der Waals surface area contributed by atoms with E-state index in [1.54, 1.807) is 20.8 Å². The van der Waals surface area contributed by atoms with E-state index in [1.165, 1.54) is 10.8 Å². The van der Waals surface area contributed by atoms with Crippen LogP contribution in [-0.2, 0) is 13.8 Å². The van der Waals surface area contributed by atoms with E-state index in [2.05, 4.69) is 4.98 Å². The Hall–Kier alpha value is -1.25. The van der Waals surface area contributed by atoms with E-state index in [4.69, 9.17) is 9.26 Å². The van der Waals surface area contributed by atoms with Crippen molar-refractivity contribution >= 4 is 7.60 Å². The maximum Gasteiger partial charge on any atom is 0.330 e. The SMILES string of the molecule is Cc1cn([C@@H]2C[C@H](O)C(COP(=O)(O)C(C)C)O2)c(=O)[nH]c1=O. The average Bonchev–Trinajstić information content (AvgIpc) is 2.81. The van der Waals surface area contributed by atoms with Crippen LogP contribution in [0.25, 0.3) is 0 Å². The molecule has 1 aliphatic rings. The van der Waals surface area contributed by atoms with Gasteiger partial charge in [-0.15, -0.1) is 0 Å². The van der Waals surface area contributed by atoms with Crippen molar-refractivity contribution in [2.45, 2.75) is 51.3 Å². The Morgan fingerprint density at radius 3 is 2.78 bits per heavy atom. The van der Waals surface area contributed by atoms with Crippen molar-refractivity contribution in [2.75, 3.05) is 6.61 Å². The lowest BCUT2D eigenvalue weighted by Gasteiger charge is -2.20. The molecule has 10 heteroatoms. The van der Waals surface area contributed by atoms with Gasteiger partial charge in [0.05, 0.1) is 18.4 Å². The zero-order valence-electron chi connectivity index (χ0n) is 13.1. The van der Waals surface area contributed by atoms with Crippen LogP contribution in [0, 0.1) is 6.92 Å². The highest BCUT2D eigenvalue weighted by atomic mass is 31.2. The summed E-state index contributed by atoms with van der Waals surface area (Å²) in [5.41, 5.74) is -1.36. The number of nitrogens with one attached hydrogen (secondary N) is 1. The smallest absolute Gasteiger partial charge is 0.330 e. The van der Waals surface area contributed by atoms with Crippen LogP contribution in [0.5, 0.6) is 0 Å². The molecular weight excluding hydrogens is 327 g/mol. The summed E-state index contributed by atoms with van der Waals surface area (Å²) >= 11 is 0. The van der Waals surface area contributed by atoms with Crippen LogP contribution >= 0.6 is 7.60 Å². The summed E-state index contributed by atoms with van der Waals surface area (Å²) in [5.74, 6) is 0. The third kappa shape index (κ3) is 3.99. The Labute approximate surface area is 132 Å². The number of aromatic nitrogens is 2. The molecule has 1 aliphatic heterocycles. The first-order valence-electron chi connectivity index (χ1n) is 7.24. The largest absolute Gasteiger partial charge is 0.390 e. The number of ether oxygens (including phenoxy) is 1. The van der Waals surface area contributed by atoms with Gasteiger partial charge >= 0.3 is 13.3 Å². The van der Waals surface area contributed by atoms with Gasteiger partial charge in [0, 0.05) is 18.2 Å². The van der Waals surface area contributed by atoms with Gasteiger partial charge in [0.15, 0.2) is 0 Å². The molecule has 0 radical (unpaired) electrons. The predicted molar refractivity (Wildman–Crippen MR) is 81.5 cm³/mol. The minimum Gasteiger partial charge on any atom is -0.390 e. The van der Waals surface area contributed by atoms with E-state index >= 15 is 0 Å². The van der Waals surface area contributed by atoms with Crippen LogP contribution in [0.1, 0.15) is 32.1 Å². The van der Waals surface area contributed by atoms with E-state index in [9.17, 15) is 24.2 Å². The van der Waals surface area contributed by atoms with Crippen LogP contribution < -0.4 is 11.2 Å². The number of aryl methyl sites for hydroxylation is 1. The fourth-order valence-corrected chi connectivity index (χ4v) is 2.82. The van der Waals surface area contributed by atoms with Gasteiger partial charge in [-0.1, -0.05) is 13.8 Å². The second-order valence-corrected chi connectivity index (χ2v) is 8.28. The van der Waals surface area contributed by atoms with Crippen LogP contribution in [0.15, 0.2) is 15.8 Å². The van der Waals surface area contributed by atoms with E-state index < -0.39 is 42.9 Å². The third-order valence-electron chi connectivity index (χ3n) is 3.74. The molecule has 2 heterocycles. The van der Waals surface area contributed by atoms with Crippen LogP contribution in [0.2, 0.25) is 0 Å². The van der Waals surface area contributed by atoms with Gasteiger partial charge in [-0.2, -0.15) is 0 Å². The van der Waals surface area contributed by atoms with E-state index in [0.29, 0.717) is 5.56 Å². The summed E-state index contributed by atoms with van der Waals surface area (Å²) in [6, 6.07) is 0. The normalized spacial score (nSPS) is 27.3. The second-order valence-electron chi connectivity index (χ2n) is 5.86. The standard InChI is InChI=1S/C13H21N2O7P/c1-7(2)23(19,20)21-6-10-9(16)4-11(22-10)15-5-8(3)12(17)14-13(15)18/h5,7,9-11,16H,4,6H2,1-3H3,(H,19,20)(H,14,17,18)/t9-,10?,11-/m0/s1. The summed E-state index contributed by atoms with van der Waals surface area (Å²) < 4.78 is 23.5. The molecule has 1 aromatic heterocycles. The molecule has 0 amide bonds. The molecule has 0 aliphatic carbocycles. The first-order valence-corrected chi connectivity index (χ1v) is 8.89. The highest BCUT2D eigenvalue weighted by Crippen LogP contribution is 2.47. The van der Waals surface area contributed by atoms with E-state index in [-0.39, 0.29) is 13.0 Å². The number of H-pyrrole nitrogens is 1. The maximum atomic E-state index is 11.8. The van der Waals surface area contributed by atoms with Crippen molar-refractivity contribution in [3.8, 4) is 0 Å². The monoisotopic (exact) mass is 348 g/mol. The van der Waals surface area contributed by atoms with Gasteiger partial charge < -0.3 is 19.3 Å². The lowest BCUT2D eigenvalue weighted by Crippen LogP contribution is -2.33. The highest BCUT2D eigenvalue weighted by molar-refractivity contribution is 7.53. The Balaban J connectivity index is 2.10. The van der Waals surface area contributed by atoms with Crippen molar-refractivity contribution in [1.82, 2.24) is 9.55 Å². The number of hydrogen-bond donors (Lipinski definition) is 3. The number of hydrogen-bond acceptors (Lipinski definition) is 6. The van der Waals surface area contributed by atoms with Gasteiger partial charge in [0.25, 0.3) is 5.56 Å². The van der Waals surface area contributed by atoms with Crippen LogP contribution in [0.4, 0.5) is 0 Å². The van der Waals surface area contributed by atoms with Crippen molar-refractivity contribution < 1.29 is 23.8 Å². The molecule has 9 nitrogen and oxygen atoms in total. The first kappa shape index (κ1) is 18.1. The summed E-state index contributed by atoms with van der Waals surface area (Å²) in [6.45, 7) is 4.39. The fourth-order valence-electron chi connectivity index (χ4n) is 2.17. The number of aliphatic hydroxyl groups is 1. The third-order valence-corrected chi connectivity index (χ3v) is 5.56. The number of rotatable bonds is 5. The molecule has 3 N–H and O–H groups in total. The molecule has 0 saturated carbocycles. The molecule has 130 valence electrons. The van der Waals surface area contributed by atoms with Gasteiger partial charge in [-0.3, -0.25) is 18.9 Å². The molecule has 1 fully saturated rings. The minimum absolute atomic E-state index is 0.108. The molecule has 2 unspecified atom stereocenters. The summed E-state index contributed by atoms with van der Waals surface area (Å²) in [6.07, 6.45) is -1.10. The quantitative estimate of drug-likeness (QED) is 0.643. The maximum absolute atomic E-state index is 11.8. The zero-order chi connectivity index (χ0) is 17.4. The molecule has 0 bridgehead atoms. The Bertz CT molecular complexity index is 726. The molecule has 4 atom stereocenters. The molecule has 2 rings (SSSR count). The number of nitrogens with zero attached hydrogens (tertiary/aromatic N) is 1. The number of aromatic amines is 1. The van der Waals surface area contributed by atoms with Gasteiger partial charge in [-0.25, -0.2) is 4.79 Å². The summed E-state index contributed by atoms with van der Waals surface area (Å²) in [4.78, 5) is 35.0. The summed E-state index contributed by atoms with van der Waals surface area (Å²) in [7, 11) is -3.77. The topological polar surface area (TPSA) is 131 Å². The van der Waals surface area contributed by atoms with Crippen molar-refractivity contribution in [1.29, 1.82) is 0 Å². The van der Waals surface area contributed by atoms with Crippen LogP contribution in [0.3, 0.4) is 0 Å². The Morgan fingerprint density at radius 1 is 1.52 bits per heavy atom. The minimum atomic E-state index is -3.77.